The van der Waals surface area contributed by atoms with Crippen LogP contribution in [0.15, 0.2) is 4.99 Å². The first-order valence-electron chi connectivity index (χ1n) is 7.79. The first kappa shape index (κ1) is 18.0. The molecule has 2 N–H and O–H groups in total. The van der Waals surface area contributed by atoms with Gasteiger partial charge in [-0.15, -0.1) is 24.0 Å². The number of likely N-dealkylation sites (tertiary alicyclic amines) is 1. The molecule has 0 aromatic carbocycles. The molecule has 2 fully saturated rings. The topological polar surface area (TPSA) is 48.1 Å². The Labute approximate surface area is 140 Å². The molecule has 2 aliphatic heterocycles. The second-order valence-electron chi connectivity index (χ2n) is 5.56. The van der Waals surface area contributed by atoms with Gasteiger partial charge < -0.3 is 15.5 Å². The molecule has 2 saturated heterocycles. The van der Waals surface area contributed by atoms with Crippen LogP contribution in [0.4, 0.5) is 0 Å². The summed E-state index contributed by atoms with van der Waals surface area (Å²) < 4.78 is 0. The van der Waals surface area contributed by atoms with Gasteiger partial charge in [0.25, 0.3) is 0 Å². The Hall–Kier alpha value is -0.0800. The van der Waals surface area contributed by atoms with Gasteiger partial charge in [0.2, 0.25) is 0 Å². The van der Waals surface area contributed by atoms with Crippen LogP contribution in [-0.4, -0.2) is 79.6 Å². The fraction of sp³-hybridized carbons (Fsp3) is 0.929. The Morgan fingerprint density at radius 1 is 0.950 bits per heavy atom. The standard InChI is InChI=1S/C14H29N5.HI/c1-2-17-10-12-18(13-11-17)9-6-16-14(15)19-7-4-3-5-8-19;/h2-13H2,1H3,(H2,15,16);1H. The summed E-state index contributed by atoms with van der Waals surface area (Å²) in [6.45, 7) is 12.2. The maximum atomic E-state index is 6.06. The van der Waals surface area contributed by atoms with Crippen LogP contribution in [0.5, 0.6) is 0 Å². The maximum absolute atomic E-state index is 6.06. The van der Waals surface area contributed by atoms with E-state index in [2.05, 4.69) is 26.6 Å². The minimum absolute atomic E-state index is 0. The van der Waals surface area contributed by atoms with Gasteiger partial charge in [0.05, 0.1) is 6.54 Å². The van der Waals surface area contributed by atoms with Gasteiger partial charge >= 0.3 is 0 Å². The zero-order valence-corrected chi connectivity index (χ0v) is 15.1. The largest absolute Gasteiger partial charge is 0.370 e. The summed E-state index contributed by atoms with van der Waals surface area (Å²) in [5.41, 5.74) is 6.06. The minimum atomic E-state index is 0. The average Bonchev–Trinajstić information content (AvgIpc) is 2.49. The Morgan fingerprint density at radius 3 is 2.15 bits per heavy atom. The molecule has 2 heterocycles. The molecule has 2 aliphatic rings. The van der Waals surface area contributed by atoms with Crippen molar-refractivity contribution >= 4 is 29.9 Å². The van der Waals surface area contributed by atoms with Crippen molar-refractivity contribution in [3.63, 3.8) is 0 Å². The third-order valence-electron chi connectivity index (χ3n) is 4.28. The van der Waals surface area contributed by atoms with E-state index in [4.69, 9.17) is 5.73 Å². The average molecular weight is 395 g/mol. The number of likely N-dealkylation sites (N-methyl/N-ethyl adjacent to an activating group) is 1. The van der Waals surface area contributed by atoms with E-state index in [0.29, 0.717) is 0 Å². The van der Waals surface area contributed by atoms with Crippen molar-refractivity contribution in [2.75, 3.05) is 58.9 Å². The molecule has 0 bridgehead atoms. The van der Waals surface area contributed by atoms with Crippen LogP contribution < -0.4 is 5.73 Å². The molecule has 0 aromatic heterocycles. The lowest BCUT2D eigenvalue weighted by Gasteiger charge is -2.33. The summed E-state index contributed by atoms with van der Waals surface area (Å²) in [5, 5.41) is 0. The summed E-state index contributed by atoms with van der Waals surface area (Å²) >= 11 is 0. The molecule has 0 amide bonds. The van der Waals surface area contributed by atoms with E-state index in [1.807, 2.05) is 0 Å². The highest BCUT2D eigenvalue weighted by atomic mass is 127. The van der Waals surface area contributed by atoms with Crippen LogP contribution in [0.25, 0.3) is 0 Å². The summed E-state index contributed by atoms with van der Waals surface area (Å²) in [5.74, 6) is 0.756. The first-order valence-corrected chi connectivity index (χ1v) is 7.79. The number of rotatable bonds is 4. The lowest BCUT2D eigenvalue weighted by molar-refractivity contribution is 0.140. The number of guanidine groups is 1. The number of halogens is 1. The number of hydrogen-bond acceptors (Lipinski definition) is 3. The van der Waals surface area contributed by atoms with Crippen molar-refractivity contribution in [1.82, 2.24) is 14.7 Å². The molecule has 0 radical (unpaired) electrons. The Morgan fingerprint density at radius 2 is 1.55 bits per heavy atom. The van der Waals surface area contributed by atoms with Gasteiger partial charge in [-0.3, -0.25) is 9.89 Å². The highest BCUT2D eigenvalue weighted by Crippen LogP contribution is 2.08. The van der Waals surface area contributed by atoms with Gasteiger partial charge in [-0.1, -0.05) is 6.92 Å². The second-order valence-corrected chi connectivity index (χ2v) is 5.56. The molecule has 20 heavy (non-hydrogen) atoms. The van der Waals surface area contributed by atoms with E-state index in [1.165, 1.54) is 52.0 Å². The number of aliphatic imine (C=N–C) groups is 1. The number of nitrogens with zero attached hydrogens (tertiary/aromatic N) is 4. The van der Waals surface area contributed by atoms with Gasteiger partial charge in [0.15, 0.2) is 5.96 Å². The molecule has 0 atom stereocenters. The molecule has 2 rings (SSSR count). The fourth-order valence-corrected chi connectivity index (χ4v) is 2.86. The second kappa shape index (κ2) is 9.78. The Balaban J connectivity index is 0.00000200. The highest BCUT2D eigenvalue weighted by molar-refractivity contribution is 14.0. The molecule has 0 saturated carbocycles. The van der Waals surface area contributed by atoms with Crippen molar-refractivity contribution in [2.24, 2.45) is 10.7 Å². The zero-order valence-electron chi connectivity index (χ0n) is 12.8. The van der Waals surface area contributed by atoms with Gasteiger partial charge in [-0.25, -0.2) is 0 Å². The number of piperidine rings is 1. The number of nitrogens with two attached hydrogens (primary N) is 1. The predicted octanol–water partition coefficient (Wildman–Crippen LogP) is 1.04. The van der Waals surface area contributed by atoms with Crippen molar-refractivity contribution in [3.05, 3.63) is 0 Å². The summed E-state index contributed by atoms with van der Waals surface area (Å²) in [4.78, 5) is 11.8. The SMILES string of the molecule is CCN1CCN(CCN=C(N)N2CCCCC2)CC1.I. The van der Waals surface area contributed by atoms with E-state index in [0.717, 1.165) is 32.1 Å². The van der Waals surface area contributed by atoms with Gasteiger partial charge in [-0.05, 0) is 25.8 Å². The lowest BCUT2D eigenvalue weighted by Crippen LogP contribution is -2.47. The molecule has 0 aliphatic carbocycles. The lowest BCUT2D eigenvalue weighted by atomic mass is 10.1. The summed E-state index contributed by atoms with van der Waals surface area (Å²) in [6.07, 6.45) is 3.86. The molecular formula is C14H30IN5. The number of piperazine rings is 1. The zero-order chi connectivity index (χ0) is 13.5. The van der Waals surface area contributed by atoms with Crippen molar-refractivity contribution in [1.29, 1.82) is 0 Å². The smallest absolute Gasteiger partial charge is 0.191 e. The van der Waals surface area contributed by atoms with E-state index >= 15 is 0 Å². The molecule has 0 unspecified atom stereocenters. The highest BCUT2D eigenvalue weighted by Gasteiger charge is 2.15. The van der Waals surface area contributed by atoms with Crippen LogP contribution >= 0.6 is 24.0 Å². The van der Waals surface area contributed by atoms with Crippen LogP contribution in [0.1, 0.15) is 26.2 Å². The normalized spacial score (nSPS) is 22.6. The molecule has 5 nitrogen and oxygen atoms in total. The fourth-order valence-electron chi connectivity index (χ4n) is 2.86. The third kappa shape index (κ3) is 5.73. The predicted molar refractivity (Wildman–Crippen MR) is 95.9 cm³/mol. The molecule has 0 spiro atoms. The van der Waals surface area contributed by atoms with Crippen molar-refractivity contribution in [3.8, 4) is 0 Å². The quantitative estimate of drug-likeness (QED) is 0.439. The van der Waals surface area contributed by atoms with Crippen LogP contribution in [-0.2, 0) is 0 Å². The van der Waals surface area contributed by atoms with Gasteiger partial charge in [-0.2, -0.15) is 0 Å². The number of hydrogen-bond donors (Lipinski definition) is 1. The minimum Gasteiger partial charge on any atom is -0.370 e. The van der Waals surface area contributed by atoms with Gasteiger partial charge in [0, 0.05) is 45.8 Å². The first-order chi connectivity index (χ1) is 9.29. The molecule has 118 valence electrons. The Kier molecular flexibility index (Phi) is 8.79. The van der Waals surface area contributed by atoms with Crippen LogP contribution in [0.3, 0.4) is 0 Å². The van der Waals surface area contributed by atoms with Gasteiger partial charge in [0.1, 0.15) is 0 Å². The third-order valence-corrected chi connectivity index (χ3v) is 4.28. The summed E-state index contributed by atoms with van der Waals surface area (Å²) in [7, 11) is 0. The van der Waals surface area contributed by atoms with Crippen molar-refractivity contribution in [2.45, 2.75) is 26.2 Å². The summed E-state index contributed by atoms with van der Waals surface area (Å²) in [6, 6.07) is 0. The van der Waals surface area contributed by atoms with E-state index in [9.17, 15) is 0 Å². The van der Waals surface area contributed by atoms with E-state index in [1.54, 1.807) is 0 Å². The molecule has 0 aromatic rings. The van der Waals surface area contributed by atoms with E-state index < -0.39 is 0 Å². The Bertz CT molecular complexity index is 283. The van der Waals surface area contributed by atoms with Crippen LogP contribution in [0, 0.1) is 0 Å². The van der Waals surface area contributed by atoms with Crippen molar-refractivity contribution < 1.29 is 0 Å². The maximum Gasteiger partial charge on any atom is 0.191 e. The van der Waals surface area contributed by atoms with Crippen LogP contribution in [0.2, 0.25) is 0 Å². The monoisotopic (exact) mass is 395 g/mol. The molecule has 6 heteroatoms. The van der Waals surface area contributed by atoms with E-state index in [-0.39, 0.29) is 24.0 Å². The molecular weight excluding hydrogens is 365 g/mol.